The van der Waals surface area contributed by atoms with E-state index in [0.717, 1.165) is 6.54 Å². The van der Waals surface area contributed by atoms with Crippen molar-refractivity contribution in [2.24, 2.45) is 0 Å². The van der Waals surface area contributed by atoms with Gasteiger partial charge in [-0.3, -0.25) is 0 Å². The van der Waals surface area contributed by atoms with Crippen LogP contribution in [-0.2, 0) is 6.54 Å². The van der Waals surface area contributed by atoms with Crippen molar-refractivity contribution in [2.45, 2.75) is 39.4 Å². The van der Waals surface area contributed by atoms with E-state index in [2.05, 4.69) is 67.2 Å². The lowest BCUT2D eigenvalue weighted by Crippen LogP contribution is -2.34. The molecule has 1 atom stereocenters. The lowest BCUT2D eigenvalue weighted by Gasteiger charge is -2.28. The average molecular weight is 230 g/mol. The second-order valence-electron chi connectivity index (χ2n) is 4.77. The van der Waals surface area contributed by atoms with E-state index in [1.165, 1.54) is 24.1 Å². The Hall–Kier alpha value is -1.44. The molecule has 0 saturated heterocycles. The molecule has 2 rings (SSSR count). The molecular formula is C15H22N2. The van der Waals surface area contributed by atoms with Gasteiger partial charge in [0.05, 0.1) is 6.17 Å². The van der Waals surface area contributed by atoms with E-state index in [4.69, 9.17) is 0 Å². The van der Waals surface area contributed by atoms with E-state index in [1.807, 2.05) is 0 Å². The molecule has 1 aliphatic heterocycles. The van der Waals surface area contributed by atoms with Crippen LogP contribution in [0.2, 0.25) is 0 Å². The van der Waals surface area contributed by atoms with Gasteiger partial charge in [-0.2, -0.15) is 0 Å². The van der Waals surface area contributed by atoms with Crippen LogP contribution in [0.1, 0.15) is 32.3 Å². The number of hydrogen-bond acceptors (Lipinski definition) is 2. The van der Waals surface area contributed by atoms with Gasteiger partial charge in [-0.1, -0.05) is 43.7 Å². The maximum absolute atomic E-state index is 2.42. The van der Waals surface area contributed by atoms with Crippen LogP contribution >= 0.6 is 0 Å². The monoisotopic (exact) mass is 230 g/mol. The van der Waals surface area contributed by atoms with Crippen LogP contribution in [-0.4, -0.2) is 23.0 Å². The minimum absolute atomic E-state index is 0.469. The highest BCUT2D eigenvalue weighted by Gasteiger charge is 2.24. The fourth-order valence-electron chi connectivity index (χ4n) is 2.32. The van der Waals surface area contributed by atoms with Crippen LogP contribution in [0.5, 0.6) is 0 Å². The minimum atomic E-state index is 0.469. The fraction of sp³-hybridized carbons (Fsp3) is 0.467. The number of benzene rings is 1. The van der Waals surface area contributed by atoms with Crippen LogP contribution in [0.3, 0.4) is 0 Å². The Morgan fingerprint density at radius 3 is 2.53 bits per heavy atom. The first-order chi connectivity index (χ1) is 8.22. The van der Waals surface area contributed by atoms with Gasteiger partial charge in [0.25, 0.3) is 0 Å². The summed E-state index contributed by atoms with van der Waals surface area (Å²) in [4.78, 5) is 4.80. The third-order valence-electron chi connectivity index (χ3n) is 3.52. The molecule has 1 aromatic carbocycles. The molecule has 1 heterocycles. The van der Waals surface area contributed by atoms with E-state index in [0.29, 0.717) is 6.17 Å². The normalized spacial score (nSPS) is 19.7. The largest absolute Gasteiger partial charge is 0.357 e. The summed E-state index contributed by atoms with van der Waals surface area (Å²) in [6, 6.07) is 10.7. The summed E-state index contributed by atoms with van der Waals surface area (Å²) >= 11 is 0. The van der Waals surface area contributed by atoms with Crippen LogP contribution in [0.25, 0.3) is 0 Å². The molecular weight excluding hydrogens is 208 g/mol. The first-order valence-corrected chi connectivity index (χ1v) is 6.45. The number of hydrogen-bond donors (Lipinski definition) is 0. The third kappa shape index (κ3) is 2.63. The summed E-state index contributed by atoms with van der Waals surface area (Å²) in [5.41, 5.74) is 2.83. The van der Waals surface area contributed by atoms with Crippen molar-refractivity contribution in [1.82, 2.24) is 9.80 Å². The average Bonchev–Trinajstić information content (AvgIpc) is 2.60. The van der Waals surface area contributed by atoms with Gasteiger partial charge in [-0.15, -0.1) is 0 Å². The lowest BCUT2D eigenvalue weighted by molar-refractivity contribution is 0.180. The predicted molar refractivity (Wildman–Crippen MR) is 72.2 cm³/mol. The molecule has 0 radical (unpaired) electrons. The smallest absolute Gasteiger partial charge is 0.0980 e. The van der Waals surface area contributed by atoms with Crippen molar-refractivity contribution in [3.05, 3.63) is 47.8 Å². The molecule has 0 fully saturated rings. The number of nitrogens with zero attached hydrogens (tertiary/aromatic N) is 2. The Kier molecular flexibility index (Phi) is 3.72. The number of allylic oxidation sites excluding steroid dienone is 1. The molecule has 1 unspecified atom stereocenters. The summed E-state index contributed by atoms with van der Waals surface area (Å²) < 4.78 is 0. The Morgan fingerprint density at radius 1 is 1.18 bits per heavy atom. The zero-order valence-electron chi connectivity index (χ0n) is 11.1. The molecule has 0 aromatic heterocycles. The van der Waals surface area contributed by atoms with Crippen molar-refractivity contribution in [1.29, 1.82) is 0 Å². The lowest BCUT2D eigenvalue weighted by atomic mass is 10.2. The van der Waals surface area contributed by atoms with Crippen molar-refractivity contribution in [2.75, 3.05) is 7.05 Å². The molecule has 17 heavy (non-hydrogen) atoms. The molecule has 0 bridgehead atoms. The molecule has 1 aromatic rings. The standard InChI is InChI=1S/C15H22N2/c1-4-8-15-12-17(13(2)16(15)3)11-14-9-6-5-7-10-14/h5-7,9-10,12-13H,4,8,11H2,1-3H3. The third-order valence-corrected chi connectivity index (χ3v) is 3.52. The van der Waals surface area contributed by atoms with Crippen molar-refractivity contribution in [3.63, 3.8) is 0 Å². The molecule has 2 heteroatoms. The zero-order chi connectivity index (χ0) is 12.3. The molecule has 0 saturated carbocycles. The SMILES string of the molecule is CCCC1=CN(Cc2ccccc2)C(C)N1C. The maximum Gasteiger partial charge on any atom is 0.0980 e. The number of rotatable bonds is 4. The Morgan fingerprint density at radius 2 is 1.88 bits per heavy atom. The van der Waals surface area contributed by atoms with Crippen molar-refractivity contribution >= 4 is 0 Å². The van der Waals surface area contributed by atoms with Crippen molar-refractivity contribution in [3.8, 4) is 0 Å². The Bertz CT molecular complexity index is 383. The van der Waals surface area contributed by atoms with E-state index >= 15 is 0 Å². The Labute approximate surface area is 105 Å². The van der Waals surface area contributed by atoms with Gasteiger partial charge in [0, 0.05) is 25.5 Å². The molecule has 0 spiro atoms. The van der Waals surface area contributed by atoms with Crippen LogP contribution in [0, 0.1) is 0 Å². The summed E-state index contributed by atoms with van der Waals surface area (Å²) in [5.74, 6) is 0. The highest BCUT2D eigenvalue weighted by atomic mass is 15.4. The first-order valence-electron chi connectivity index (χ1n) is 6.45. The van der Waals surface area contributed by atoms with Gasteiger partial charge in [0.2, 0.25) is 0 Å². The summed E-state index contributed by atoms with van der Waals surface area (Å²) in [6.07, 6.45) is 5.17. The topological polar surface area (TPSA) is 6.48 Å². The fourth-order valence-corrected chi connectivity index (χ4v) is 2.32. The van der Waals surface area contributed by atoms with Crippen LogP contribution in [0.4, 0.5) is 0 Å². The minimum Gasteiger partial charge on any atom is -0.357 e. The quantitative estimate of drug-likeness (QED) is 0.782. The first kappa shape index (κ1) is 12.0. The predicted octanol–water partition coefficient (Wildman–Crippen LogP) is 3.42. The van der Waals surface area contributed by atoms with Gasteiger partial charge < -0.3 is 9.80 Å². The molecule has 0 amide bonds. The van der Waals surface area contributed by atoms with Gasteiger partial charge in [0.15, 0.2) is 0 Å². The zero-order valence-corrected chi connectivity index (χ0v) is 11.1. The molecule has 0 N–H and O–H groups in total. The van der Waals surface area contributed by atoms with E-state index in [1.54, 1.807) is 0 Å². The Balaban J connectivity index is 2.07. The maximum atomic E-state index is 2.42. The summed E-state index contributed by atoms with van der Waals surface area (Å²) in [5, 5.41) is 0. The molecule has 1 aliphatic rings. The second kappa shape index (κ2) is 5.26. The van der Waals surface area contributed by atoms with Gasteiger partial charge in [-0.25, -0.2) is 0 Å². The van der Waals surface area contributed by atoms with Crippen LogP contribution < -0.4 is 0 Å². The van der Waals surface area contributed by atoms with E-state index < -0.39 is 0 Å². The molecule has 0 aliphatic carbocycles. The summed E-state index contributed by atoms with van der Waals surface area (Å²) in [7, 11) is 2.19. The van der Waals surface area contributed by atoms with E-state index in [-0.39, 0.29) is 0 Å². The van der Waals surface area contributed by atoms with Gasteiger partial charge >= 0.3 is 0 Å². The van der Waals surface area contributed by atoms with Crippen molar-refractivity contribution < 1.29 is 0 Å². The summed E-state index contributed by atoms with van der Waals surface area (Å²) in [6.45, 7) is 5.50. The van der Waals surface area contributed by atoms with E-state index in [9.17, 15) is 0 Å². The highest BCUT2D eigenvalue weighted by molar-refractivity contribution is 5.17. The molecule has 2 nitrogen and oxygen atoms in total. The van der Waals surface area contributed by atoms with Gasteiger partial charge in [-0.05, 0) is 18.9 Å². The molecule has 92 valence electrons. The highest BCUT2D eigenvalue weighted by Crippen LogP contribution is 2.25. The van der Waals surface area contributed by atoms with Gasteiger partial charge in [0.1, 0.15) is 0 Å². The second-order valence-corrected chi connectivity index (χ2v) is 4.77. The van der Waals surface area contributed by atoms with Crippen LogP contribution in [0.15, 0.2) is 42.2 Å².